The molecule has 33 heavy (non-hydrogen) atoms. The van der Waals surface area contributed by atoms with E-state index in [4.69, 9.17) is 16.3 Å². The normalized spacial score (nSPS) is 14.5. The minimum Gasteiger partial charge on any atom is -0.487 e. The Hall–Kier alpha value is -2.83. The topological polar surface area (TPSA) is 50.6 Å². The van der Waals surface area contributed by atoms with E-state index in [9.17, 15) is 4.79 Å². The summed E-state index contributed by atoms with van der Waals surface area (Å²) < 4.78 is 7.88. The molecule has 0 bridgehead atoms. The van der Waals surface area contributed by atoms with Crippen LogP contribution in [0.15, 0.2) is 48.7 Å². The standard InChI is InChI=1S/C26H31ClN4O2/c1-4-31-17-23(20(3)28-31)16-29-10-12-30(13-11-29)26(32)22-7-5-6-21(15-22)18-33-25-14-19(2)8-9-24(25)27/h5-9,14-15,17H,4,10-13,16,18H2,1-3H3. The van der Waals surface area contributed by atoms with E-state index >= 15 is 0 Å². The number of aromatic nitrogens is 2. The van der Waals surface area contributed by atoms with Gasteiger partial charge in [-0.1, -0.05) is 29.8 Å². The molecule has 0 saturated carbocycles. The van der Waals surface area contributed by atoms with Crippen LogP contribution in [-0.4, -0.2) is 51.7 Å². The van der Waals surface area contributed by atoms with Gasteiger partial charge in [0.15, 0.2) is 0 Å². The summed E-state index contributed by atoms with van der Waals surface area (Å²) in [4.78, 5) is 17.5. The summed E-state index contributed by atoms with van der Waals surface area (Å²) in [5.41, 5.74) is 5.08. The molecule has 1 saturated heterocycles. The minimum atomic E-state index is 0.0695. The number of nitrogens with zero attached hydrogens (tertiary/aromatic N) is 4. The highest BCUT2D eigenvalue weighted by Crippen LogP contribution is 2.26. The molecule has 1 amide bonds. The van der Waals surface area contributed by atoms with E-state index in [1.807, 2.05) is 59.0 Å². The largest absolute Gasteiger partial charge is 0.487 e. The summed E-state index contributed by atoms with van der Waals surface area (Å²) in [6.45, 7) is 11.4. The Morgan fingerprint density at radius 3 is 2.61 bits per heavy atom. The predicted molar refractivity (Wildman–Crippen MR) is 131 cm³/mol. The zero-order valence-electron chi connectivity index (χ0n) is 19.6. The van der Waals surface area contributed by atoms with E-state index in [1.54, 1.807) is 0 Å². The maximum absolute atomic E-state index is 13.1. The molecule has 4 rings (SSSR count). The molecule has 1 aliphatic heterocycles. The van der Waals surface area contributed by atoms with E-state index in [0.29, 0.717) is 22.9 Å². The van der Waals surface area contributed by atoms with Gasteiger partial charge in [0.1, 0.15) is 12.4 Å². The average molecular weight is 467 g/mol. The number of aryl methyl sites for hydroxylation is 3. The fourth-order valence-corrected chi connectivity index (χ4v) is 4.26. The molecule has 0 radical (unpaired) electrons. The number of piperazine rings is 1. The number of carbonyl (C=O) groups is 1. The summed E-state index contributed by atoms with van der Waals surface area (Å²) in [5, 5.41) is 5.12. The van der Waals surface area contributed by atoms with Crippen LogP contribution in [0.25, 0.3) is 0 Å². The third-order valence-electron chi connectivity index (χ3n) is 6.08. The van der Waals surface area contributed by atoms with Crippen LogP contribution < -0.4 is 4.74 Å². The Morgan fingerprint density at radius 2 is 1.88 bits per heavy atom. The molecule has 0 N–H and O–H groups in total. The fourth-order valence-electron chi connectivity index (χ4n) is 4.09. The second-order valence-corrected chi connectivity index (χ2v) is 8.99. The van der Waals surface area contributed by atoms with Crippen LogP contribution >= 0.6 is 11.6 Å². The highest BCUT2D eigenvalue weighted by Gasteiger charge is 2.23. The van der Waals surface area contributed by atoms with E-state index in [2.05, 4.69) is 30.0 Å². The van der Waals surface area contributed by atoms with Gasteiger partial charge >= 0.3 is 0 Å². The lowest BCUT2D eigenvalue weighted by molar-refractivity contribution is 0.0628. The zero-order valence-corrected chi connectivity index (χ0v) is 20.3. The van der Waals surface area contributed by atoms with Crippen molar-refractivity contribution < 1.29 is 9.53 Å². The van der Waals surface area contributed by atoms with Crippen LogP contribution in [-0.2, 0) is 19.7 Å². The van der Waals surface area contributed by atoms with Gasteiger partial charge in [-0.25, -0.2) is 0 Å². The van der Waals surface area contributed by atoms with Crippen molar-refractivity contribution in [1.82, 2.24) is 19.6 Å². The summed E-state index contributed by atoms with van der Waals surface area (Å²) in [7, 11) is 0. The average Bonchev–Trinajstić information content (AvgIpc) is 3.19. The molecule has 7 heteroatoms. The smallest absolute Gasteiger partial charge is 0.253 e. The van der Waals surface area contributed by atoms with Gasteiger partial charge in [0, 0.05) is 56.6 Å². The lowest BCUT2D eigenvalue weighted by Gasteiger charge is -2.34. The van der Waals surface area contributed by atoms with Gasteiger partial charge in [-0.3, -0.25) is 14.4 Å². The Bertz CT molecular complexity index is 1120. The molecule has 2 aromatic carbocycles. The summed E-state index contributed by atoms with van der Waals surface area (Å²) in [6.07, 6.45) is 2.13. The van der Waals surface area contributed by atoms with E-state index in [0.717, 1.165) is 56.1 Å². The zero-order chi connectivity index (χ0) is 23.4. The van der Waals surface area contributed by atoms with Gasteiger partial charge in [0.25, 0.3) is 5.91 Å². The van der Waals surface area contributed by atoms with Crippen molar-refractivity contribution in [1.29, 1.82) is 0 Å². The van der Waals surface area contributed by atoms with Gasteiger partial charge in [0.2, 0.25) is 0 Å². The van der Waals surface area contributed by atoms with Gasteiger partial charge < -0.3 is 9.64 Å². The lowest BCUT2D eigenvalue weighted by atomic mass is 10.1. The molecule has 1 aromatic heterocycles. The van der Waals surface area contributed by atoms with Gasteiger partial charge in [0.05, 0.1) is 10.7 Å². The van der Waals surface area contributed by atoms with Crippen LogP contribution in [0.3, 0.4) is 0 Å². The molecule has 0 unspecified atom stereocenters. The molecule has 0 spiro atoms. The van der Waals surface area contributed by atoms with Crippen LogP contribution in [0.2, 0.25) is 5.02 Å². The summed E-state index contributed by atoms with van der Waals surface area (Å²) in [6, 6.07) is 13.4. The molecule has 6 nitrogen and oxygen atoms in total. The number of hydrogen-bond acceptors (Lipinski definition) is 4. The SMILES string of the molecule is CCn1cc(CN2CCN(C(=O)c3cccc(COc4cc(C)ccc4Cl)c3)CC2)c(C)n1. The second-order valence-electron chi connectivity index (χ2n) is 8.59. The number of halogens is 1. The fraction of sp³-hybridized carbons (Fsp3) is 0.385. The third kappa shape index (κ3) is 5.75. The molecule has 2 heterocycles. The lowest BCUT2D eigenvalue weighted by Crippen LogP contribution is -2.48. The predicted octanol–water partition coefficient (Wildman–Crippen LogP) is 4.71. The molecule has 3 aromatic rings. The first-order valence-electron chi connectivity index (χ1n) is 11.5. The third-order valence-corrected chi connectivity index (χ3v) is 6.39. The van der Waals surface area contributed by atoms with Crippen molar-refractivity contribution in [2.75, 3.05) is 26.2 Å². The van der Waals surface area contributed by atoms with Gasteiger partial charge in [-0.2, -0.15) is 5.10 Å². The molecule has 174 valence electrons. The maximum Gasteiger partial charge on any atom is 0.253 e. The van der Waals surface area contributed by atoms with Crippen LogP contribution in [0.5, 0.6) is 5.75 Å². The first kappa shape index (κ1) is 23.3. The quantitative estimate of drug-likeness (QED) is 0.506. The molecule has 0 atom stereocenters. The first-order chi connectivity index (χ1) is 15.9. The molecular formula is C26H31ClN4O2. The van der Waals surface area contributed by atoms with E-state index < -0.39 is 0 Å². The monoisotopic (exact) mass is 466 g/mol. The number of benzene rings is 2. The maximum atomic E-state index is 13.1. The van der Waals surface area contributed by atoms with Crippen molar-refractivity contribution in [2.24, 2.45) is 0 Å². The second kappa shape index (κ2) is 10.4. The Balaban J connectivity index is 1.33. The number of amides is 1. The molecule has 0 aliphatic carbocycles. The highest BCUT2D eigenvalue weighted by molar-refractivity contribution is 6.32. The Morgan fingerprint density at radius 1 is 1.09 bits per heavy atom. The van der Waals surface area contributed by atoms with Crippen LogP contribution in [0.4, 0.5) is 0 Å². The number of rotatable bonds is 7. The van der Waals surface area contributed by atoms with E-state index in [-0.39, 0.29) is 5.91 Å². The van der Waals surface area contributed by atoms with Crippen molar-refractivity contribution >= 4 is 17.5 Å². The molecular weight excluding hydrogens is 436 g/mol. The number of ether oxygens (including phenoxy) is 1. The summed E-state index contributed by atoms with van der Waals surface area (Å²) >= 11 is 6.23. The molecule has 1 fully saturated rings. The van der Waals surface area contributed by atoms with Gasteiger partial charge in [-0.15, -0.1) is 0 Å². The number of carbonyl (C=O) groups excluding carboxylic acids is 1. The van der Waals surface area contributed by atoms with E-state index in [1.165, 1.54) is 5.56 Å². The van der Waals surface area contributed by atoms with Crippen LogP contribution in [0.1, 0.15) is 39.7 Å². The van der Waals surface area contributed by atoms with Crippen molar-refractivity contribution in [3.63, 3.8) is 0 Å². The highest BCUT2D eigenvalue weighted by atomic mass is 35.5. The van der Waals surface area contributed by atoms with Crippen LogP contribution in [0, 0.1) is 13.8 Å². The summed E-state index contributed by atoms with van der Waals surface area (Å²) in [5.74, 6) is 0.726. The van der Waals surface area contributed by atoms with Gasteiger partial charge in [-0.05, 0) is 56.2 Å². The van der Waals surface area contributed by atoms with Crippen molar-refractivity contribution in [2.45, 2.75) is 40.5 Å². The number of hydrogen-bond donors (Lipinski definition) is 0. The Kier molecular flexibility index (Phi) is 7.36. The van der Waals surface area contributed by atoms with Crippen molar-refractivity contribution in [3.8, 4) is 5.75 Å². The molecule has 1 aliphatic rings. The van der Waals surface area contributed by atoms with Crippen molar-refractivity contribution in [3.05, 3.63) is 81.6 Å². The minimum absolute atomic E-state index is 0.0695. The first-order valence-corrected chi connectivity index (χ1v) is 11.8. The Labute approximate surface area is 200 Å².